The Bertz CT molecular complexity index is 2510. The number of hydrogen-bond acceptors (Lipinski definition) is 8. The normalized spacial score (nSPS) is 11.3. The van der Waals surface area contributed by atoms with E-state index in [0.29, 0.717) is 24.3 Å². The van der Waals surface area contributed by atoms with E-state index in [1.165, 1.54) is 18.2 Å². The van der Waals surface area contributed by atoms with Crippen LogP contribution in [0.5, 0.6) is 0 Å². The molecule has 0 bridgehead atoms. The van der Waals surface area contributed by atoms with E-state index in [4.69, 9.17) is 0 Å². The topological polar surface area (TPSA) is 190 Å². The van der Waals surface area contributed by atoms with Gasteiger partial charge in [0.05, 0.1) is 91.1 Å². The van der Waals surface area contributed by atoms with Gasteiger partial charge in [-0.25, -0.2) is 0 Å². The van der Waals surface area contributed by atoms with Crippen molar-refractivity contribution in [2.45, 2.75) is 24.7 Å². The molecule has 0 unspecified atom stereocenters. The van der Waals surface area contributed by atoms with Crippen LogP contribution in [0.4, 0.5) is 52.7 Å². The Hall–Kier alpha value is -7.52. The molecule has 3 rings (SSSR count). The fraction of sp³-hybridized carbons (Fsp3) is 0.125. The second kappa shape index (κ2) is 13.4. The average molecular weight is 728 g/mol. The first-order chi connectivity index (χ1) is 24.0. The average Bonchev–Trinajstić information content (AvgIpc) is 3.05. The van der Waals surface area contributed by atoms with Crippen molar-refractivity contribution in [2.75, 3.05) is 0 Å². The van der Waals surface area contributed by atoms with Gasteiger partial charge in [0.1, 0.15) is 24.3 Å². The number of alkyl halides is 12. The van der Waals surface area contributed by atoms with Crippen molar-refractivity contribution in [3.05, 3.63) is 101 Å². The quantitative estimate of drug-likeness (QED) is 0.269. The van der Waals surface area contributed by atoms with Crippen LogP contribution in [0.25, 0.3) is 11.1 Å². The molecular formula is C32H4F12N8. The van der Waals surface area contributed by atoms with E-state index < -0.39 is 113 Å². The molecule has 3 aromatic carbocycles. The van der Waals surface area contributed by atoms with E-state index in [-0.39, 0.29) is 12.1 Å². The first-order valence-electron chi connectivity index (χ1n) is 12.9. The molecular weight excluding hydrogens is 724 g/mol. The second-order valence-electron chi connectivity index (χ2n) is 9.78. The first kappa shape index (κ1) is 38.9. The maximum atomic E-state index is 14.3. The van der Waals surface area contributed by atoms with E-state index in [1.54, 1.807) is 0 Å². The minimum Gasteiger partial charge on any atom is -0.192 e. The summed E-state index contributed by atoms with van der Waals surface area (Å²) in [6, 6.07) is 8.77. The van der Waals surface area contributed by atoms with Crippen LogP contribution in [0, 0.1) is 90.6 Å². The molecule has 3 aromatic rings. The number of nitriles is 8. The number of halogens is 12. The van der Waals surface area contributed by atoms with Crippen LogP contribution >= 0.6 is 0 Å². The minimum atomic E-state index is -5.90. The molecule has 0 saturated carbocycles. The maximum absolute atomic E-state index is 14.3. The zero-order valence-corrected chi connectivity index (χ0v) is 24.4. The lowest BCUT2D eigenvalue weighted by Gasteiger charge is -2.20. The van der Waals surface area contributed by atoms with Crippen LogP contribution in [-0.2, 0) is 24.7 Å². The van der Waals surface area contributed by atoms with Crippen LogP contribution in [0.15, 0.2) is 24.3 Å². The van der Waals surface area contributed by atoms with Crippen LogP contribution in [0.2, 0.25) is 0 Å². The fourth-order valence-electron chi connectivity index (χ4n) is 5.10. The third-order valence-corrected chi connectivity index (χ3v) is 6.93. The van der Waals surface area contributed by atoms with E-state index in [0.717, 1.165) is 18.2 Å². The summed E-state index contributed by atoms with van der Waals surface area (Å²) in [5.41, 5.74) is -25.3. The lowest BCUT2D eigenvalue weighted by Crippen LogP contribution is -2.25. The molecule has 0 fully saturated rings. The molecule has 0 radical (unpaired) electrons. The summed E-state index contributed by atoms with van der Waals surface area (Å²) in [5, 5.41) is 74.9. The van der Waals surface area contributed by atoms with E-state index in [9.17, 15) is 94.8 Å². The number of rotatable bonds is 2. The molecule has 0 aliphatic rings. The van der Waals surface area contributed by atoms with Crippen molar-refractivity contribution >= 4 is 11.1 Å². The molecule has 0 saturated heterocycles. The van der Waals surface area contributed by atoms with Crippen LogP contribution in [-0.4, -0.2) is 0 Å². The summed E-state index contributed by atoms with van der Waals surface area (Å²) in [4.78, 5) is 0. The van der Waals surface area contributed by atoms with Crippen molar-refractivity contribution in [1.82, 2.24) is 0 Å². The third-order valence-electron chi connectivity index (χ3n) is 6.93. The van der Waals surface area contributed by atoms with Gasteiger partial charge in [-0.3, -0.25) is 0 Å². The van der Waals surface area contributed by atoms with Crippen LogP contribution in [0.3, 0.4) is 0 Å². The molecule has 0 aromatic heterocycles. The molecule has 0 heterocycles. The summed E-state index contributed by atoms with van der Waals surface area (Å²) in [6.45, 7) is 0. The fourth-order valence-corrected chi connectivity index (χ4v) is 5.10. The van der Waals surface area contributed by atoms with E-state index in [2.05, 4.69) is 0 Å². The van der Waals surface area contributed by atoms with Crippen LogP contribution < -0.4 is 10.4 Å². The van der Waals surface area contributed by atoms with Crippen molar-refractivity contribution in [3.8, 4) is 48.6 Å². The highest BCUT2D eigenvalue weighted by Crippen LogP contribution is 2.46. The van der Waals surface area contributed by atoms with Crippen molar-refractivity contribution < 1.29 is 52.7 Å². The standard InChI is InChI=1S/C32H4F12N8/c33-29(34,35)25-16(7-47)3-18(27(22(25)11-51)31(39,40)41)20(9-49)13-1-14(5-45)24(15(2-13)6-46)21(10-50)19-4-17(8-48)26(30(36,37)38)23(12-52)28(19)32(42,43)44/h1-4H. The summed E-state index contributed by atoms with van der Waals surface area (Å²) in [7, 11) is 0. The van der Waals surface area contributed by atoms with Gasteiger partial charge in [-0.1, -0.05) is 0 Å². The predicted molar refractivity (Wildman–Crippen MR) is 143 cm³/mol. The molecule has 0 atom stereocenters. The Morgan fingerprint density at radius 1 is 0.385 bits per heavy atom. The minimum absolute atomic E-state index is 0.0610. The molecule has 256 valence electrons. The number of nitrogens with zero attached hydrogens (tertiary/aromatic N) is 8. The second-order valence-corrected chi connectivity index (χ2v) is 9.78. The molecule has 8 nitrogen and oxygen atoms in total. The molecule has 0 aliphatic heterocycles. The first-order valence-corrected chi connectivity index (χ1v) is 12.9. The summed E-state index contributed by atoms with van der Waals surface area (Å²) >= 11 is 0. The van der Waals surface area contributed by atoms with Crippen molar-refractivity contribution in [3.63, 3.8) is 0 Å². The lowest BCUT2D eigenvalue weighted by molar-refractivity contribution is -0.145. The highest BCUT2D eigenvalue weighted by atomic mass is 19.4. The van der Waals surface area contributed by atoms with Gasteiger partial charge < -0.3 is 0 Å². The Labute approximate surface area is 280 Å². The van der Waals surface area contributed by atoms with Gasteiger partial charge in [0.2, 0.25) is 0 Å². The van der Waals surface area contributed by atoms with Gasteiger partial charge in [-0.15, -0.1) is 0 Å². The van der Waals surface area contributed by atoms with E-state index in [1.807, 2.05) is 0 Å². The highest BCUT2D eigenvalue weighted by molar-refractivity contribution is 5.85. The van der Waals surface area contributed by atoms with Gasteiger partial charge in [-0.05, 0) is 29.5 Å². The molecule has 0 aliphatic carbocycles. The zero-order chi connectivity index (χ0) is 39.7. The maximum Gasteiger partial charge on any atom is 0.418 e. The molecule has 0 amide bonds. The Kier molecular flexibility index (Phi) is 10.0. The van der Waals surface area contributed by atoms with Gasteiger partial charge in [0.25, 0.3) is 0 Å². The monoisotopic (exact) mass is 728 g/mol. The van der Waals surface area contributed by atoms with Gasteiger partial charge >= 0.3 is 24.7 Å². The molecule has 52 heavy (non-hydrogen) atoms. The largest absolute Gasteiger partial charge is 0.418 e. The smallest absolute Gasteiger partial charge is 0.192 e. The lowest BCUT2D eigenvalue weighted by atomic mass is 9.85. The number of benzene rings is 3. The Morgan fingerprint density at radius 2 is 0.692 bits per heavy atom. The number of hydrogen-bond donors (Lipinski definition) is 0. The van der Waals surface area contributed by atoms with E-state index >= 15 is 0 Å². The predicted octanol–water partition coefficient (Wildman–Crippen LogP) is 6.44. The molecule has 20 heteroatoms. The van der Waals surface area contributed by atoms with Crippen LogP contribution in [0.1, 0.15) is 66.8 Å². The Morgan fingerprint density at radius 3 is 0.942 bits per heavy atom. The summed E-state index contributed by atoms with van der Waals surface area (Å²) in [5.74, 6) is 0. The zero-order valence-electron chi connectivity index (χ0n) is 24.4. The van der Waals surface area contributed by atoms with Gasteiger partial charge in [-0.2, -0.15) is 94.8 Å². The Balaban J connectivity index is 2.82. The molecule has 0 N–H and O–H groups in total. The third kappa shape index (κ3) is 6.70. The van der Waals surface area contributed by atoms with Gasteiger partial charge in [0.15, 0.2) is 0 Å². The van der Waals surface area contributed by atoms with Crippen molar-refractivity contribution in [2.24, 2.45) is 0 Å². The summed E-state index contributed by atoms with van der Waals surface area (Å²) < 4.78 is 168. The van der Waals surface area contributed by atoms with Crippen molar-refractivity contribution in [1.29, 1.82) is 42.1 Å². The highest BCUT2D eigenvalue weighted by Gasteiger charge is 2.47. The van der Waals surface area contributed by atoms with Gasteiger partial charge in [0, 0.05) is 16.3 Å². The summed E-state index contributed by atoms with van der Waals surface area (Å²) in [6.07, 6.45) is -23.2. The molecule has 0 spiro atoms. The SMILES string of the molecule is N#CC(c1cc(C#N)c(C(F)(F)F)c(C#N)c1C(F)(F)F)=c1cc(C#N)c(=C(C#N)c2cc(C#N)c(C(F)(F)F)c(C#N)c2C(F)(F)F)c(C#N)c1.